The summed E-state index contributed by atoms with van der Waals surface area (Å²) < 4.78 is 55.6. The van der Waals surface area contributed by atoms with E-state index in [-0.39, 0.29) is 11.6 Å². The molecule has 1 aromatic rings. The van der Waals surface area contributed by atoms with Crippen LogP contribution in [0.5, 0.6) is 0 Å². The van der Waals surface area contributed by atoms with Crippen LogP contribution in [-0.4, -0.2) is 38.9 Å². The van der Waals surface area contributed by atoms with Gasteiger partial charge in [0.25, 0.3) is 10.9 Å². The Bertz CT molecular complexity index is 860. The minimum atomic E-state index is -3.93. The molecule has 10 heteroatoms. The molecule has 1 aliphatic rings. The van der Waals surface area contributed by atoms with E-state index in [4.69, 9.17) is 4.42 Å². The average Bonchev–Trinajstić information content (AvgIpc) is 2.80. The van der Waals surface area contributed by atoms with E-state index in [1.807, 2.05) is 0 Å². The topological polar surface area (TPSA) is 116 Å². The summed E-state index contributed by atoms with van der Waals surface area (Å²) in [6.45, 7) is 1.40. The molecular formula is C11H14N2O6S2. The molecule has 0 saturated heterocycles. The molecule has 0 fully saturated rings. The van der Waals surface area contributed by atoms with Crippen molar-refractivity contribution in [1.82, 2.24) is 4.98 Å². The van der Waals surface area contributed by atoms with Gasteiger partial charge < -0.3 is 4.42 Å². The quantitative estimate of drug-likeness (QED) is 0.398. The van der Waals surface area contributed by atoms with Crippen LogP contribution in [0.25, 0.3) is 12.2 Å². The lowest BCUT2D eigenvalue weighted by atomic mass is 10.2. The van der Waals surface area contributed by atoms with E-state index in [2.05, 4.69) is 14.4 Å². The van der Waals surface area contributed by atoms with Gasteiger partial charge in [0.05, 0.1) is 12.0 Å². The van der Waals surface area contributed by atoms with Crippen LogP contribution in [0.2, 0.25) is 0 Å². The second kappa shape index (κ2) is 5.60. The standard InChI is InChI=1S/C11H14N2O6S2/c1-3-21(16,17)11(13-19-20(2,14)15)10-12-8-6-4-5-7-9(8)18-10/h6-7H,3-5H2,1-2H3/b13-11-. The Hall–Kier alpha value is -1.68. The zero-order valence-electron chi connectivity index (χ0n) is 11.4. The third-order valence-electron chi connectivity index (χ3n) is 2.63. The molecule has 116 valence electrons. The lowest BCUT2D eigenvalue weighted by Crippen LogP contribution is -2.24. The maximum atomic E-state index is 12.0. The molecule has 0 bridgehead atoms. The van der Waals surface area contributed by atoms with Crippen molar-refractivity contribution in [2.75, 3.05) is 12.0 Å². The van der Waals surface area contributed by atoms with Crippen molar-refractivity contribution in [3.63, 3.8) is 0 Å². The maximum absolute atomic E-state index is 12.0. The van der Waals surface area contributed by atoms with Gasteiger partial charge in [0.15, 0.2) is 5.42 Å². The van der Waals surface area contributed by atoms with Crippen LogP contribution in [0, 0.1) is 0 Å². The molecule has 0 atom stereocenters. The number of nitrogens with zero attached hydrogens (tertiary/aromatic N) is 2. The first kappa shape index (κ1) is 15.7. The van der Waals surface area contributed by atoms with E-state index >= 15 is 0 Å². The predicted molar refractivity (Wildman–Crippen MR) is 75.8 cm³/mol. The molecule has 0 N–H and O–H groups in total. The van der Waals surface area contributed by atoms with Crippen molar-refractivity contribution < 1.29 is 25.5 Å². The van der Waals surface area contributed by atoms with Crippen molar-refractivity contribution in [3.05, 3.63) is 16.7 Å². The van der Waals surface area contributed by atoms with Crippen LogP contribution in [0.3, 0.4) is 0 Å². The fraction of sp³-hybridized carbons (Fsp3) is 0.455. The number of fused-ring (bicyclic) bond motifs is 1. The van der Waals surface area contributed by atoms with Crippen LogP contribution in [0.15, 0.2) is 9.57 Å². The Labute approximate surface area is 121 Å². The summed E-state index contributed by atoms with van der Waals surface area (Å²) in [5, 5.41) is 3.08. The van der Waals surface area contributed by atoms with Gasteiger partial charge in [0.2, 0.25) is 9.84 Å². The number of aromatic nitrogens is 1. The Morgan fingerprint density at radius 2 is 2.00 bits per heavy atom. The Morgan fingerprint density at radius 3 is 2.57 bits per heavy atom. The zero-order chi connectivity index (χ0) is 15.7. The summed E-state index contributed by atoms with van der Waals surface area (Å²) in [6, 6.07) is 0. The first-order valence-corrected chi connectivity index (χ1v) is 9.57. The Kier molecular flexibility index (Phi) is 4.19. The third kappa shape index (κ3) is 3.70. The molecule has 0 unspecified atom stereocenters. The lowest BCUT2D eigenvalue weighted by molar-refractivity contribution is 0.343. The van der Waals surface area contributed by atoms with Gasteiger partial charge in [-0.25, -0.2) is 13.4 Å². The molecular weight excluding hydrogens is 320 g/mol. The number of sulfone groups is 1. The Morgan fingerprint density at radius 1 is 1.33 bits per heavy atom. The van der Waals surface area contributed by atoms with E-state index in [0.717, 1.165) is 19.1 Å². The van der Waals surface area contributed by atoms with Crippen LogP contribution < -0.4 is 10.8 Å². The van der Waals surface area contributed by atoms with Gasteiger partial charge in [-0.05, 0) is 24.1 Å². The molecule has 0 amide bonds. The third-order valence-corrected chi connectivity index (χ3v) is 4.57. The fourth-order valence-electron chi connectivity index (χ4n) is 1.63. The largest absolute Gasteiger partial charge is 0.434 e. The predicted octanol–water partition coefficient (Wildman–Crippen LogP) is -0.898. The van der Waals surface area contributed by atoms with Crippen molar-refractivity contribution in [2.45, 2.75) is 19.8 Å². The van der Waals surface area contributed by atoms with E-state index in [1.54, 1.807) is 12.2 Å². The smallest absolute Gasteiger partial charge is 0.325 e. The first-order chi connectivity index (χ1) is 9.73. The molecule has 0 radical (unpaired) electrons. The van der Waals surface area contributed by atoms with Gasteiger partial charge in [-0.2, -0.15) is 8.42 Å². The molecule has 1 aliphatic carbocycles. The van der Waals surface area contributed by atoms with E-state index < -0.39 is 25.0 Å². The minimum absolute atomic E-state index is 0.278. The number of hydrogen-bond donors (Lipinski definition) is 0. The van der Waals surface area contributed by atoms with E-state index in [1.165, 1.54) is 6.92 Å². The number of oxime groups is 1. The SMILES string of the molecule is CCS(=O)(=O)/C(=N\OS(C)(=O)=O)c1nc2c(o1)=CCCC=2. The van der Waals surface area contributed by atoms with Gasteiger partial charge >= 0.3 is 10.1 Å². The number of rotatable bonds is 4. The van der Waals surface area contributed by atoms with Crippen molar-refractivity contribution in [3.8, 4) is 0 Å². The molecule has 8 nitrogen and oxygen atoms in total. The second-order valence-corrected chi connectivity index (χ2v) is 8.08. The van der Waals surface area contributed by atoms with E-state index in [9.17, 15) is 16.8 Å². The normalized spacial score (nSPS) is 15.8. The minimum Gasteiger partial charge on any atom is -0.434 e. The summed E-state index contributed by atoms with van der Waals surface area (Å²) >= 11 is 0. The van der Waals surface area contributed by atoms with Crippen LogP contribution >= 0.6 is 0 Å². The van der Waals surface area contributed by atoms with Crippen molar-refractivity contribution in [1.29, 1.82) is 0 Å². The van der Waals surface area contributed by atoms with Crippen LogP contribution in [0.4, 0.5) is 0 Å². The molecule has 0 spiro atoms. The monoisotopic (exact) mass is 334 g/mol. The summed E-state index contributed by atoms with van der Waals surface area (Å²) in [7, 11) is -7.79. The highest BCUT2D eigenvalue weighted by Crippen LogP contribution is 2.06. The van der Waals surface area contributed by atoms with E-state index in [0.29, 0.717) is 10.8 Å². The molecule has 2 rings (SSSR count). The van der Waals surface area contributed by atoms with Crippen LogP contribution in [-0.2, 0) is 24.2 Å². The Balaban J connectivity index is 2.59. The first-order valence-electron chi connectivity index (χ1n) is 6.10. The summed E-state index contributed by atoms with van der Waals surface area (Å²) in [5.41, 5.74) is 0.439. The highest BCUT2D eigenvalue weighted by molar-refractivity contribution is 8.06. The van der Waals surface area contributed by atoms with Gasteiger partial charge in [0.1, 0.15) is 5.35 Å². The van der Waals surface area contributed by atoms with Gasteiger partial charge in [-0.1, -0.05) is 13.0 Å². The van der Waals surface area contributed by atoms with Crippen molar-refractivity contribution >= 4 is 37.2 Å². The highest BCUT2D eigenvalue weighted by Gasteiger charge is 2.27. The molecule has 0 saturated carbocycles. The average molecular weight is 334 g/mol. The van der Waals surface area contributed by atoms with Gasteiger partial charge in [0, 0.05) is 0 Å². The summed E-state index contributed by atoms with van der Waals surface area (Å²) in [6.07, 6.45) is 5.87. The summed E-state index contributed by atoms with van der Waals surface area (Å²) in [4.78, 5) is 4.03. The van der Waals surface area contributed by atoms with Crippen molar-refractivity contribution in [2.24, 2.45) is 5.16 Å². The molecule has 1 aromatic heterocycles. The molecule has 0 aliphatic heterocycles. The summed E-state index contributed by atoms with van der Waals surface area (Å²) in [5.74, 6) is -0.570. The second-order valence-electron chi connectivity index (χ2n) is 4.33. The molecule has 21 heavy (non-hydrogen) atoms. The maximum Gasteiger partial charge on any atom is 0.325 e. The van der Waals surface area contributed by atoms with Gasteiger partial charge in [-0.3, -0.25) is 4.28 Å². The fourth-order valence-corrected chi connectivity index (χ4v) is 2.66. The zero-order valence-corrected chi connectivity index (χ0v) is 13.1. The lowest BCUT2D eigenvalue weighted by Gasteiger charge is -2.01. The molecule has 1 heterocycles. The molecule has 0 aromatic carbocycles. The highest BCUT2D eigenvalue weighted by atomic mass is 32.2. The number of hydrogen-bond acceptors (Lipinski definition) is 8. The van der Waals surface area contributed by atoms with Gasteiger partial charge in [-0.15, -0.1) is 0 Å². The number of oxazole rings is 1. The van der Waals surface area contributed by atoms with Crippen LogP contribution in [0.1, 0.15) is 25.7 Å².